The summed E-state index contributed by atoms with van der Waals surface area (Å²) in [6.45, 7) is 8.22. The van der Waals surface area contributed by atoms with Crippen molar-refractivity contribution in [1.82, 2.24) is 0 Å². The topological polar surface area (TPSA) is 52.6 Å². The summed E-state index contributed by atoms with van der Waals surface area (Å²) >= 11 is 0. The fraction of sp³-hybridized carbons (Fsp3) is 0.360. The molecule has 4 heteroatoms. The molecule has 0 amide bonds. The van der Waals surface area contributed by atoms with Gasteiger partial charge in [0.15, 0.2) is 11.9 Å². The average Bonchev–Trinajstić information content (AvgIpc) is 2.91. The lowest BCUT2D eigenvalue weighted by atomic mass is 9.84. The minimum Gasteiger partial charge on any atom is -0.340 e. The number of carbonyl (C=O) groups excluding carboxylic acids is 2. The molecule has 0 aromatic heterocycles. The van der Waals surface area contributed by atoms with E-state index in [1.807, 2.05) is 43.3 Å². The van der Waals surface area contributed by atoms with Gasteiger partial charge in [0.05, 0.1) is 6.10 Å². The van der Waals surface area contributed by atoms with E-state index in [1.54, 1.807) is 24.3 Å². The van der Waals surface area contributed by atoms with Gasteiger partial charge in [-0.3, -0.25) is 9.59 Å². The van der Waals surface area contributed by atoms with Gasteiger partial charge in [-0.1, -0.05) is 81.4 Å². The van der Waals surface area contributed by atoms with Crippen molar-refractivity contribution in [2.24, 2.45) is 5.41 Å². The number of hydrogen-bond donors (Lipinski definition) is 0. The van der Waals surface area contributed by atoms with E-state index in [0.29, 0.717) is 11.1 Å². The van der Waals surface area contributed by atoms with Gasteiger partial charge in [-0.2, -0.15) is 0 Å². The highest BCUT2D eigenvalue weighted by atomic mass is 16.7. The molecule has 2 aliphatic rings. The number of ketones is 2. The van der Waals surface area contributed by atoms with Crippen LogP contribution in [0, 0.1) is 5.41 Å². The molecule has 0 saturated heterocycles. The number of benzene rings is 2. The molecule has 1 aliphatic carbocycles. The average molecular weight is 390 g/mol. The second-order valence-electron chi connectivity index (χ2n) is 8.93. The Labute approximate surface area is 171 Å². The fourth-order valence-corrected chi connectivity index (χ4v) is 4.10. The predicted molar refractivity (Wildman–Crippen MR) is 111 cm³/mol. The van der Waals surface area contributed by atoms with Gasteiger partial charge in [0.25, 0.3) is 0 Å². The Morgan fingerprint density at radius 1 is 0.966 bits per heavy atom. The molecule has 150 valence electrons. The van der Waals surface area contributed by atoms with Gasteiger partial charge in [-0.15, -0.1) is 0 Å². The molecule has 0 N–H and O–H groups in total. The molecule has 4 nitrogen and oxygen atoms in total. The Morgan fingerprint density at radius 2 is 1.52 bits per heavy atom. The Kier molecular flexibility index (Phi) is 4.80. The summed E-state index contributed by atoms with van der Waals surface area (Å²) in [4.78, 5) is 26.3. The first-order chi connectivity index (χ1) is 13.7. The van der Waals surface area contributed by atoms with Crippen LogP contribution >= 0.6 is 0 Å². The maximum absolute atomic E-state index is 13.2. The normalized spacial score (nSPS) is 21.8. The maximum Gasteiger partial charge on any atom is 0.203 e. The minimum atomic E-state index is -1.52. The van der Waals surface area contributed by atoms with Crippen LogP contribution in [0.2, 0.25) is 0 Å². The van der Waals surface area contributed by atoms with Crippen molar-refractivity contribution in [1.29, 1.82) is 0 Å². The zero-order valence-electron chi connectivity index (χ0n) is 17.3. The summed E-state index contributed by atoms with van der Waals surface area (Å²) < 4.78 is 12.7. The highest BCUT2D eigenvalue weighted by molar-refractivity contribution is 6.32. The van der Waals surface area contributed by atoms with Gasteiger partial charge in [-0.25, -0.2) is 0 Å². The molecule has 0 radical (unpaired) electrons. The second kappa shape index (κ2) is 7.05. The van der Waals surface area contributed by atoms with Crippen LogP contribution in [0.4, 0.5) is 0 Å². The third-order valence-electron chi connectivity index (χ3n) is 5.69. The first-order valence-electron chi connectivity index (χ1n) is 9.97. The van der Waals surface area contributed by atoms with Crippen molar-refractivity contribution >= 4 is 11.6 Å². The predicted octanol–water partition coefficient (Wildman–Crippen LogP) is 5.30. The van der Waals surface area contributed by atoms with E-state index in [4.69, 9.17) is 9.47 Å². The number of rotatable bonds is 3. The standard InChI is InChI=1S/C25H26O4/c1-16-14-15-25(20(26)18-12-8-9-13-19(18)21(25)27)29-23(16)28-22(24(2,3)4)17-10-6-5-7-11-17/h5-14,22-23H,15H2,1-4H3/t22-,23-/m0/s1. The molecule has 1 heterocycles. The number of fused-ring (bicyclic) bond motifs is 1. The number of ether oxygens (including phenoxy) is 2. The SMILES string of the molecule is CC1=CCC2(O[C@@H]1O[C@@H](c1ccccc1)C(C)(C)C)C(=O)c1ccccc1C2=O. The molecular formula is C25H26O4. The highest BCUT2D eigenvalue weighted by Gasteiger charge is 2.56. The molecule has 0 fully saturated rings. The Morgan fingerprint density at radius 3 is 2.07 bits per heavy atom. The van der Waals surface area contributed by atoms with Crippen LogP contribution < -0.4 is 0 Å². The summed E-state index contributed by atoms with van der Waals surface area (Å²) in [5, 5.41) is 0. The van der Waals surface area contributed by atoms with Crippen molar-refractivity contribution in [3.63, 3.8) is 0 Å². The van der Waals surface area contributed by atoms with E-state index in [-0.39, 0.29) is 29.5 Å². The van der Waals surface area contributed by atoms with Gasteiger partial charge in [0.2, 0.25) is 11.6 Å². The van der Waals surface area contributed by atoms with Gasteiger partial charge in [0, 0.05) is 17.5 Å². The van der Waals surface area contributed by atoms with Crippen LogP contribution in [0.3, 0.4) is 0 Å². The van der Waals surface area contributed by atoms with Crippen LogP contribution in [0.15, 0.2) is 66.2 Å². The Hall–Kier alpha value is -2.56. The molecule has 0 saturated carbocycles. The lowest BCUT2D eigenvalue weighted by molar-refractivity contribution is -0.207. The van der Waals surface area contributed by atoms with Crippen molar-refractivity contribution in [2.45, 2.75) is 52.1 Å². The summed E-state index contributed by atoms with van der Waals surface area (Å²) in [6.07, 6.45) is 1.11. The monoisotopic (exact) mass is 390 g/mol. The van der Waals surface area contributed by atoms with Crippen LogP contribution in [-0.4, -0.2) is 23.5 Å². The largest absolute Gasteiger partial charge is 0.340 e. The first-order valence-corrected chi connectivity index (χ1v) is 9.97. The highest BCUT2D eigenvalue weighted by Crippen LogP contribution is 2.44. The van der Waals surface area contributed by atoms with E-state index in [2.05, 4.69) is 20.8 Å². The maximum atomic E-state index is 13.2. The third kappa shape index (κ3) is 3.26. The van der Waals surface area contributed by atoms with E-state index >= 15 is 0 Å². The molecule has 0 unspecified atom stereocenters. The van der Waals surface area contributed by atoms with E-state index in [9.17, 15) is 9.59 Å². The third-order valence-corrected chi connectivity index (χ3v) is 5.69. The zero-order chi connectivity index (χ0) is 20.8. The number of Topliss-reactive ketones (excluding diaryl/α,β-unsaturated/α-hetero) is 2. The van der Waals surface area contributed by atoms with Crippen LogP contribution in [0.1, 0.15) is 66.5 Å². The molecule has 4 rings (SSSR count). The first kappa shape index (κ1) is 19.7. The number of carbonyl (C=O) groups is 2. The summed E-state index contributed by atoms with van der Waals surface area (Å²) in [5.74, 6) is -0.551. The molecule has 0 bridgehead atoms. The van der Waals surface area contributed by atoms with Crippen molar-refractivity contribution in [3.8, 4) is 0 Å². The molecule has 1 aliphatic heterocycles. The van der Waals surface area contributed by atoms with Crippen molar-refractivity contribution in [3.05, 3.63) is 82.9 Å². The van der Waals surface area contributed by atoms with Crippen molar-refractivity contribution in [2.75, 3.05) is 0 Å². The minimum absolute atomic E-state index is 0.206. The van der Waals surface area contributed by atoms with E-state index < -0.39 is 11.9 Å². The van der Waals surface area contributed by atoms with E-state index in [0.717, 1.165) is 11.1 Å². The molecular weight excluding hydrogens is 364 g/mol. The molecule has 2 atom stereocenters. The smallest absolute Gasteiger partial charge is 0.203 e. The quantitative estimate of drug-likeness (QED) is 0.527. The summed E-state index contributed by atoms with van der Waals surface area (Å²) in [7, 11) is 0. The Balaban J connectivity index is 1.68. The van der Waals surface area contributed by atoms with Crippen molar-refractivity contribution < 1.29 is 19.1 Å². The lowest BCUT2D eigenvalue weighted by Gasteiger charge is -2.39. The second-order valence-corrected chi connectivity index (χ2v) is 8.93. The number of hydrogen-bond acceptors (Lipinski definition) is 4. The molecule has 2 aromatic rings. The Bertz CT molecular complexity index is 946. The van der Waals surface area contributed by atoms with Gasteiger partial charge in [-0.05, 0) is 23.5 Å². The molecule has 29 heavy (non-hydrogen) atoms. The molecule has 1 spiro atoms. The lowest BCUT2D eigenvalue weighted by Crippen LogP contribution is -2.50. The van der Waals surface area contributed by atoms with E-state index in [1.165, 1.54) is 0 Å². The van der Waals surface area contributed by atoms with Crippen LogP contribution in [-0.2, 0) is 9.47 Å². The summed E-state index contributed by atoms with van der Waals surface area (Å²) in [5.41, 5.74) is 1.04. The molecule has 2 aromatic carbocycles. The van der Waals surface area contributed by atoms with Gasteiger partial charge in [0.1, 0.15) is 0 Å². The van der Waals surface area contributed by atoms with Crippen LogP contribution in [0.5, 0.6) is 0 Å². The van der Waals surface area contributed by atoms with Gasteiger partial charge < -0.3 is 9.47 Å². The summed E-state index contributed by atoms with van der Waals surface area (Å²) in [6, 6.07) is 16.9. The zero-order valence-corrected chi connectivity index (χ0v) is 17.3. The van der Waals surface area contributed by atoms with Gasteiger partial charge >= 0.3 is 0 Å². The fourth-order valence-electron chi connectivity index (χ4n) is 4.10. The van der Waals surface area contributed by atoms with Crippen LogP contribution in [0.25, 0.3) is 0 Å².